The van der Waals surface area contributed by atoms with E-state index in [1.807, 2.05) is 49.4 Å². The van der Waals surface area contributed by atoms with Crippen molar-refractivity contribution in [1.29, 1.82) is 0 Å². The van der Waals surface area contributed by atoms with Crippen molar-refractivity contribution in [2.45, 2.75) is 22.9 Å². The topological polar surface area (TPSA) is 87.2 Å². The number of aliphatic hydroxyl groups excluding tert-OH is 1. The van der Waals surface area contributed by atoms with Gasteiger partial charge in [0.2, 0.25) is 0 Å². The highest BCUT2D eigenvalue weighted by Gasteiger charge is 2.22. The Labute approximate surface area is 222 Å². The van der Waals surface area contributed by atoms with Crippen LogP contribution in [-0.2, 0) is 0 Å². The highest BCUT2D eigenvalue weighted by atomic mass is 32.2. The lowest BCUT2D eigenvalue weighted by molar-refractivity contribution is 0.0848. The number of nitrogens with zero attached hydrogens (tertiary/aromatic N) is 3. The molecule has 0 spiro atoms. The van der Waals surface area contributed by atoms with Crippen molar-refractivity contribution >= 4 is 23.4 Å². The number of amides is 1. The predicted molar refractivity (Wildman–Crippen MR) is 146 cm³/mol. The van der Waals surface area contributed by atoms with Crippen molar-refractivity contribution in [2.24, 2.45) is 0 Å². The molecule has 0 bridgehead atoms. The number of rotatable bonds is 11. The summed E-state index contributed by atoms with van der Waals surface area (Å²) < 4.78 is 11.0. The average Bonchev–Trinajstić information content (AvgIpc) is 2.93. The van der Waals surface area contributed by atoms with Crippen LogP contribution in [0.3, 0.4) is 0 Å². The number of methoxy groups -OCH3 is 1. The smallest absolute Gasteiger partial charge is 0.254 e. The number of para-hydroxylation sites is 2. The lowest BCUT2D eigenvalue weighted by Crippen LogP contribution is -2.50. The minimum atomic E-state index is -0.666. The summed E-state index contributed by atoms with van der Waals surface area (Å²) in [5.41, 5.74) is 1.59. The zero-order valence-electron chi connectivity index (χ0n) is 21.3. The largest absolute Gasteiger partial charge is 0.497 e. The van der Waals surface area contributed by atoms with E-state index in [1.165, 1.54) is 11.8 Å². The van der Waals surface area contributed by atoms with Gasteiger partial charge in [0, 0.05) is 50.4 Å². The second-order valence-electron chi connectivity index (χ2n) is 8.69. The van der Waals surface area contributed by atoms with E-state index < -0.39 is 6.10 Å². The lowest BCUT2D eigenvalue weighted by atomic mass is 10.2. The molecule has 2 heterocycles. The highest BCUT2D eigenvalue weighted by molar-refractivity contribution is 7.99. The maximum atomic E-state index is 12.9. The Hall–Kier alpha value is -3.27. The van der Waals surface area contributed by atoms with Gasteiger partial charge in [0.25, 0.3) is 5.91 Å². The Bertz CT molecular complexity index is 1150. The number of nitrogens with one attached hydrogen (secondary N) is 1. The van der Waals surface area contributed by atoms with E-state index in [9.17, 15) is 9.90 Å². The van der Waals surface area contributed by atoms with Crippen molar-refractivity contribution in [3.63, 3.8) is 0 Å². The number of aromatic nitrogens is 1. The standard InChI is InChI=1S/C28H34N4O4S/c1-3-36-26-9-5-4-8-25(26)32-17-15-31(16-18-32)20-21(33)19-30-27(34)24-7-6-14-29-28(24)37-23-12-10-22(35-2)11-13-23/h4-14,21,33H,3,15-20H2,1-2H3,(H,30,34). The van der Waals surface area contributed by atoms with Crippen molar-refractivity contribution in [3.8, 4) is 11.5 Å². The summed E-state index contributed by atoms with van der Waals surface area (Å²) in [6, 6.07) is 19.2. The first kappa shape index (κ1) is 26.8. The predicted octanol–water partition coefficient (Wildman–Crippen LogP) is 3.55. The van der Waals surface area contributed by atoms with Gasteiger partial charge in [-0.25, -0.2) is 4.98 Å². The van der Waals surface area contributed by atoms with Gasteiger partial charge in [-0.05, 0) is 55.5 Å². The summed E-state index contributed by atoms with van der Waals surface area (Å²) in [7, 11) is 1.63. The first-order chi connectivity index (χ1) is 18.1. The zero-order chi connectivity index (χ0) is 26.0. The van der Waals surface area contributed by atoms with Gasteiger partial charge in [0.15, 0.2) is 0 Å². The maximum absolute atomic E-state index is 12.9. The van der Waals surface area contributed by atoms with Crippen LogP contribution in [0.2, 0.25) is 0 Å². The van der Waals surface area contributed by atoms with Crippen molar-refractivity contribution in [2.75, 3.05) is 57.9 Å². The Balaban J connectivity index is 1.26. The van der Waals surface area contributed by atoms with E-state index in [4.69, 9.17) is 9.47 Å². The van der Waals surface area contributed by atoms with Crippen LogP contribution in [0, 0.1) is 0 Å². The maximum Gasteiger partial charge on any atom is 0.254 e. The third-order valence-electron chi connectivity index (χ3n) is 6.14. The first-order valence-electron chi connectivity index (χ1n) is 12.5. The molecule has 196 valence electrons. The van der Waals surface area contributed by atoms with Crippen LogP contribution in [0.4, 0.5) is 5.69 Å². The number of aliphatic hydroxyl groups is 1. The van der Waals surface area contributed by atoms with Crippen LogP contribution in [0.1, 0.15) is 17.3 Å². The van der Waals surface area contributed by atoms with Gasteiger partial charge in [-0.15, -0.1) is 0 Å². The number of piperazine rings is 1. The molecule has 1 atom stereocenters. The van der Waals surface area contributed by atoms with Gasteiger partial charge in [-0.1, -0.05) is 23.9 Å². The molecular formula is C28H34N4O4S. The summed E-state index contributed by atoms with van der Waals surface area (Å²) in [5.74, 6) is 1.43. The number of hydrogen-bond donors (Lipinski definition) is 2. The second kappa shape index (κ2) is 13.3. The fraction of sp³-hybridized carbons (Fsp3) is 0.357. The number of benzene rings is 2. The molecule has 1 amide bonds. The highest BCUT2D eigenvalue weighted by Crippen LogP contribution is 2.30. The van der Waals surface area contributed by atoms with Gasteiger partial charge in [0.05, 0.1) is 31.1 Å². The van der Waals surface area contributed by atoms with E-state index in [2.05, 4.69) is 26.2 Å². The number of ether oxygens (including phenoxy) is 2. The third-order valence-corrected chi connectivity index (χ3v) is 7.16. The van der Waals surface area contributed by atoms with E-state index in [0.717, 1.165) is 48.3 Å². The normalized spacial score (nSPS) is 14.7. The summed E-state index contributed by atoms with van der Waals surface area (Å²) in [4.78, 5) is 22.8. The van der Waals surface area contributed by atoms with E-state index in [-0.39, 0.29) is 12.5 Å². The first-order valence-corrected chi connectivity index (χ1v) is 13.3. The van der Waals surface area contributed by atoms with Gasteiger partial charge < -0.3 is 24.8 Å². The van der Waals surface area contributed by atoms with E-state index >= 15 is 0 Å². The Morgan fingerprint density at radius 1 is 1.08 bits per heavy atom. The molecule has 8 nitrogen and oxygen atoms in total. The van der Waals surface area contributed by atoms with Crippen LogP contribution < -0.4 is 19.7 Å². The summed E-state index contributed by atoms with van der Waals surface area (Å²) in [5, 5.41) is 14.1. The van der Waals surface area contributed by atoms with Crippen LogP contribution in [0.15, 0.2) is 76.8 Å². The molecule has 9 heteroatoms. The summed E-state index contributed by atoms with van der Waals surface area (Å²) in [6.07, 6.45) is 1.00. The van der Waals surface area contributed by atoms with Crippen LogP contribution in [0.25, 0.3) is 0 Å². The lowest BCUT2D eigenvalue weighted by Gasteiger charge is -2.37. The molecule has 1 saturated heterocycles. The molecule has 37 heavy (non-hydrogen) atoms. The van der Waals surface area contributed by atoms with E-state index in [1.54, 1.807) is 25.4 Å². The van der Waals surface area contributed by atoms with Crippen LogP contribution >= 0.6 is 11.8 Å². The van der Waals surface area contributed by atoms with Gasteiger partial charge >= 0.3 is 0 Å². The fourth-order valence-corrected chi connectivity index (χ4v) is 5.12. The molecule has 1 aliphatic heterocycles. The summed E-state index contributed by atoms with van der Waals surface area (Å²) >= 11 is 1.41. The quantitative estimate of drug-likeness (QED) is 0.395. The molecule has 2 aromatic carbocycles. The molecule has 3 aromatic rings. The molecule has 1 aliphatic rings. The summed E-state index contributed by atoms with van der Waals surface area (Å²) in [6.45, 7) is 6.66. The number of β-amino-alcohol motifs (C(OH)–C–C–N with tert-alkyl or cyclic N) is 1. The van der Waals surface area contributed by atoms with Crippen molar-refractivity contribution in [3.05, 3.63) is 72.4 Å². The molecule has 2 N–H and O–H groups in total. The number of carbonyl (C=O) groups is 1. The number of anilines is 1. The Kier molecular flexibility index (Phi) is 9.65. The monoisotopic (exact) mass is 522 g/mol. The molecular weight excluding hydrogens is 488 g/mol. The third kappa shape index (κ3) is 7.38. The molecule has 4 rings (SSSR count). The zero-order valence-corrected chi connectivity index (χ0v) is 22.1. The second-order valence-corrected chi connectivity index (χ2v) is 9.75. The van der Waals surface area contributed by atoms with E-state index in [0.29, 0.717) is 23.7 Å². The van der Waals surface area contributed by atoms with Crippen molar-refractivity contribution in [1.82, 2.24) is 15.2 Å². The van der Waals surface area contributed by atoms with Crippen LogP contribution in [0.5, 0.6) is 11.5 Å². The molecule has 0 saturated carbocycles. The van der Waals surface area contributed by atoms with Crippen molar-refractivity contribution < 1.29 is 19.4 Å². The molecule has 0 radical (unpaired) electrons. The average molecular weight is 523 g/mol. The van der Waals surface area contributed by atoms with Gasteiger partial charge in [-0.3, -0.25) is 9.69 Å². The molecule has 1 fully saturated rings. The van der Waals surface area contributed by atoms with Gasteiger partial charge in [0.1, 0.15) is 16.5 Å². The molecule has 0 aliphatic carbocycles. The van der Waals surface area contributed by atoms with Gasteiger partial charge in [-0.2, -0.15) is 0 Å². The minimum Gasteiger partial charge on any atom is -0.497 e. The number of pyridine rings is 1. The number of hydrogen-bond acceptors (Lipinski definition) is 8. The Morgan fingerprint density at radius 2 is 1.84 bits per heavy atom. The Morgan fingerprint density at radius 3 is 2.57 bits per heavy atom. The molecule has 1 unspecified atom stereocenters. The number of carbonyl (C=O) groups excluding carboxylic acids is 1. The SMILES string of the molecule is CCOc1ccccc1N1CCN(CC(O)CNC(=O)c2cccnc2Sc2ccc(OC)cc2)CC1. The van der Waals surface area contributed by atoms with Crippen LogP contribution in [-0.4, -0.2) is 80.0 Å². The fourth-order valence-electron chi connectivity index (χ4n) is 4.24. The molecule has 1 aromatic heterocycles. The minimum absolute atomic E-state index is 0.174.